The third kappa shape index (κ3) is 7.26. The van der Waals surface area contributed by atoms with Gasteiger partial charge in [0.25, 0.3) is 11.1 Å². The van der Waals surface area contributed by atoms with E-state index in [9.17, 15) is 22.8 Å². The van der Waals surface area contributed by atoms with Crippen LogP contribution in [-0.4, -0.2) is 59.8 Å². The number of hydrogen-bond donors (Lipinski definition) is 2. The van der Waals surface area contributed by atoms with E-state index in [1.54, 1.807) is 30.5 Å². The summed E-state index contributed by atoms with van der Waals surface area (Å²) in [5.74, 6) is 0.457. The molecule has 42 heavy (non-hydrogen) atoms. The number of carbonyl (C=O) groups excluding carboxylic acids is 2. The number of imide groups is 1. The van der Waals surface area contributed by atoms with Gasteiger partial charge in [0, 0.05) is 51.2 Å². The average molecular weight is 598 g/mol. The molecule has 5 rings (SSSR count). The van der Waals surface area contributed by atoms with Crippen molar-refractivity contribution in [3.05, 3.63) is 70.5 Å². The Bertz CT molecular complexity index is 1500. The second-order valence-corrected chi connectivity index (χ2v) is 11.4. The van der Waals surface area contributed by atoms with Crippen LogP contribution < -0.4 is 20.4 Å². The Labute approximate surface area is 245 Å². The van der Waals surface area contributed by atoms with E-state index in [2.05, 4.69) is 30.5 Å². The second-order valence-electron chi connectivity index (χ2n) is 10.4. The minimum Gasteiger partial charge on any atom is -0.378 e. The first kappa shape index (κ1) is 29.5. The number of alkyl halides is 3. The van der Waals surface area contributed by atoms with Crippen LogP contribution >= 0.6 is 11.8 Å². The summed E-state index contributed by atoms with van der Waals surface area (Å²) in [5.41, 5.74) is 1.95. The van der Waals surface area contributed by atoms with E-state index in [1.165, 1.54) is 0 Å². The molecule has 2 N–H and O–H groups in total. The molecule has 3 aromatic rings. The third-order valence-corrected chi connectivity index (χ3v) is 7.89. The number of halogens is 3. The van der Waals surface area contributed by atoms with Gasteiger partial charge in [-0.1, -0.05) is 12.1 Å². The Balaban J connectivity index is 1.19. The number of carbonyl (C=O) groups is 2. The molecule has 2 aromatic heterocycles. The molecule has 4 heterocycles. The van der Waals surface area contributed by atoms with Crippen LogP contribution in [-0.2, 0) is 17.5 Å². The number of thioether (sulfide) groups is 1. The number of rotatable bonds is 8. The van der Waals surface area contributed by atoms with Gasteiger partial charge >= 0.3 is 6.18 Å². The fraction of sp³-hybridized carbons (Fsp3) is 0.345. The SMILES string of the molecule is CN(C)c1cccc(-c2cc(CNCC3CCN(c4nccc(C=C5SC(=O)NC5=O)n4)CC3)cc(C(F)(F)F)n2)c1. The molecule has 2 amide bonds. The van der Waals surface area contributed by atoms with Gasteiger partial charge < -0.3 is 15.1 Å². The lowest BCUT2D eigenvalue weighted by Crippen LogP contribution is -2.38. The van der Waals surface area contributed by atoms with Crippen molar-refractivity contribution >= 4 is 40.6 Å². The molecule has 1 aromatic carbocycles. The topological polar surface area (TPSA) is 103 Å². The highest BCUT2D eigenvalue weighted by Crippen LogP contribution is 2.32. The van der Waals surface area contributed by atoms with Crippen LogP contribution in [0.3, 0.4) is 0 Å². The van der Waals surface area contributed by atoms with E-state index in [0.29, 0.717) is 46.7 Å². The van der Waals surface area contributed by atoms with Crippen LogP contribution in [0.1, 0.15) is 29.8 Å². The van der Waals surface area contributed by atoms with Crippen molar-refractivity contribution in [1.29, 1.82) is 0 Å². The van der Waals surface area contributed by atoms with Crippen LogP contribution in [0, 0.1) is 5.92 Å². The van der Waals surface area contributed by atoms with E-state index in [0.717, 1.165) is 49.4 Å². The van der Waals surface area contributed by atoms with Gasteiger partial charge in [0.05, 0.1) is 16.3 Å². The monoisotopic (exact) mass is 597 g/mol. The van der Waals surface area contributed by atoms with Crippen molar-refractivity contribution in [3.8, 4) is 11.3 Å². The quantitative estimate of drug-likeness (QED) is 0.349. The molecule has 0 spiro atoms. The van der Waals surface area contributed by atoms with Crippen LogP contribution in [0.25, 0.3) is 17.3 Å². The molecule has 0 saturated carbocycles. The average Bonchev–Trinajstić information content (AvgIpc) is 3.28. The molecular weight excluding hydrogens is 567 g/mol. The number of anilines is 2. The zero-order valence-corrected chi connectivity index (χ0v) is 23.9. The number of piperidine rings is 1. The Morgan fingerprint density at radius 1 is 1.12 bits per heavy atom. The molecule has 13 heteroatoms. The maximum atomic E-state index is 13.7. The summed E-state index contributed by atoms with van der Waals surface area (Å²) in [5, 5.41) is 5.16. The van der Waals surface area contributed by atoms with E-state index in [4.69, 9.17) is 0 Å². The lowest BCUT2D eigenvalue weighted by molar-refractivity contribution is -0.141. The summed E-state index contributed by atoms with van der Waals surface area (Å²) in [6, 6.07) is 11.8. The summed E-state index contributed by atoms with van der Waals surface area (Å²) >= 11 is 0.839. The highest BCUT2D eigenvalue weighted by atomic mass is 32.2. The minimum absolute atomic E-state index is 0.287. The largest absolute Gasteiger partial charge is 0.433 e. The minimum atomic E-state index is -4.55. The second kappa shape index (κ2) is 12.5. The van der Waals surface area contributed by atoms with Gasteiger partial charge in [-0.05, 0) is 79.0 Å². The number of nitrogens with one attached hydrogen (secondary N) is 2. The van der Waals surface area contributed by atoms with E-state index in [-0.39, 0.29) is 5.69 Å². The van der Waals surface area contributed by atoms with Crippen molar-refractivity contribution in [2.75, 3.05) is 43.5 Å². The molecule has 0 aliphatic carbocycles. The predicted molar refractivity (Wildman–Crippen MR) is 157 cm³/mol. The lowest BCUT2D eigenvalue weighted by Gasteiger charge is -2.32. The zero-order valence-electron chi connectivity index (χ0n) is 23.1. The lowest BCUT2D eigenvalue weighted by atomic mass is 9.97. The van der Waals surface area contributed by atoms with E-state index < -0.39 is 23.0 Å². The predicted octanol–water partition coefficient (Wildman–Crippen LogP) is 4.95. The standard InChI is InChI=1S/C29H30F3N7O2S/c1-38(2)22-5-3-4-20(14-22)23-12-19(13-25(36-23)29(30,31)32)17-33-16-18-7-10-39(11-8-18)27-34-9-6-21(35-27)15-24-26(40)37-28(41)42-24/h3-6,9,12-15,18,33H,7-8,10-11,16-17H2,1-2H3,(H,37,40,41). The maximum absolute atomic E-state index is 13.7. The first-order valence-electron chi connectivity index (χ1n) is 13.4. The molecule has 2 fully saturated rings. The number of benzene rings is 1. The Hall–Kier alpha value is -3.97. The zero-order chi connectivity index (χ0) is 29.9. The molecule has 9 nitrogen and oxygen atoms in total. The highest BCUT2D eigenvalue weighted by Gasteiger charge is 2.33. The van der Waals surface area contributed by atoms with Gasteiger partial charge in [0.2, 0.25) is 5.95 Å². The molecule has 2 saturated heterocycles. The van der Waals surface area contributed by atoms with Crippen molar-refractivity contribution in [1.82, 2.24) is 25.6 Å². The Kier molecular flexibility index (Phi) is 8.78. The van der Waals surface area contributed by atoms with E-state index in [1.807, 2.05) is 37.2 Å². The van der Waals surface area contributed by atoms with Crippen molar-refractivity contribution < 1.29 is 22.8 Å². The molecule has 0 unspecified atom stereocenters. The van der Waals surface area contributed by atoms with Crippen molar-refractivity contribution in [2.24, 2.45) is 5.92 Å². The van der Waals surface area contributed by atoms with Crippen LogP contribution in [0.2, 0.25) is 0 Å². The third-order valence-electron chi connectivity index (χ3n) is 7.08. The molecule has 220 valence electrons. The number of aromatic nitrogens is 3. The molecule has 2 aliphatic rings. The first-order valence-corrected chi connectivity index (χ1v) is 14.3. The van der Waals surface area contributed by atoms with Crippen LogP contribution in [0.15, 0.2) is 53.6 Å². The first-order chi connectivity index (χ1) is 20.0. The Morgan fingerprint density at radius 2 is 1.90 bits per heavy atom. The van der Waals surface area contributed by atoms with Gasteiger partial charge in [-0.3, -0.25) is 14.9 Å². The smallest absolute Gasteiger partial charge is 0.378 e. The van der Waals surface area contributed by atoms with Crippen LogP contribution in [0.4, 0.5) is 29.6 Å². The fourth-order valence-electron chi connectivity index (χ4n) is 4.83. The van der Waals surface area contributed by atoms with Gasteiger partial charge in [0.1, 0.15) is 5.69 Å². The van der Waals surface area contributed by atoms with Crippen molar-refractivity contribution in [3.63, 3.8) is 0 Å². The number of hydrogen-bond acceptors (Lipinski definition) is 9. The maximum Gasteiger partial charge on any atom is 0.433 e. The fourth-order valence-corrected chi connectivity index (χ4v) is 5.50. The number of nitrogens with zero attached hydrogens (tertiary/aromatic N) is 5. The summed E-state index contributed by atoms with van der Waals surface area (Å²) in [6.45, 7) is 2.40. The summed E-state index contributed by atoms with van der Waals surface area (Å²) < 4.78 is 41.0. The van der Waals surface area contributed by atoms with Crippen LogP contribution in [0.5, 0.6) is 0 Å². The molecule has 0 atom stereocenters. The molecule has 0 bridgehead atoms. The van der Waals surface area contributed by atoms with Gasteiger partial charge in [-0.2, -0.15) is 13.2 Å². The summed E-state index contributed by atoms with van der Waals surface area (Å²) in [4.78, 5) is 40.3. The van der Waals surface area contributed by atoms with Gasteiger partial charge in [-0.15, -0.1) is 0 Å². The summed E-state index contributed by atoms with van der Waals surface area (Å²) in [6.07, 6.45) is 0.367. The van der Waals surface area contributed by atoms with Crippen molar-refractivity contribution in [2.45, 2.75) is 25.6 Å². The Morgan fingerprint density at radius 3 is 2.60 bits per heavy atom. The highest BCUT2D eigenvalue weighted by molar-refractivity contribution is 8.18. The van der Waals surface area contributed by atoms with Gasteiger partial charge in [-0.25, -0.2) is 15.0 Å². The number of pyridine rings is 1. The molecule has 2 aliphatic heterocycles. The summed E-state index contributed by atoms with van der Waals surface area (Å²) in [7, 11) is 3.75. The van der Waals surface area contributed by atoms with Gasteiger partial charge in [0.15, 0.2) is 0 Å². The van der Waals surface area contributed by atoms with E-state index >= 15 is 0 Å². The molecule has 0 radical (unpaired) electrons. The molecular formula is C29H30F3N7O2S. The number of amides is 2. The normalized spacial score (nSPS) is 17.2.